The average Bonchev–Trinajstić information content (AvgIpc) is 2.63. The summed E-state index contributed by atoms with van der Waals surface area (Å²) in [5.41, 5.74) is 3.40. The van der Waals surface area contributed by atoms with Crippen molar-refractivity contribution in [1.82, 2.24) is 9.88 Å². The molecule has 2 heteroatoms. The topological polar surface area (TPSA) is 16.1 Å². The lowest BCUT2D eigenvalue weighted by atomic mass is 9.74. The first kappa shape index (κ1) is 9.34. The Morgan fingerprint density at radius 3 is 2.87 bits per heavy atom. The summed E-state index contributed by atoms with van der Waals surface area (Å²) in [6.07, 6.45) is 7.10. The average molecular weight is 202 g/mol. The number of rotatable bonds is 0. The Balaban J connectivity index is 1.95. The molecule has 2 nitrogen and oxygen atoms in total. The highest BCUT2D eigenvalue weighted by atomic mass is 15.1. The zero-order valence-corrected chi connectivity index (χ0v) is 9.37. The molecule has 1 aromatic heterocycles. The van der Waals surface area contributed by atoms with Gasteiger partial charge in [-0.15, -0.1) is 0 Å². The summed E-state index contributed by atoms with van der Waals surface area (Å²) in [4.78, 5) is 6.96. The molecule has 0 atom stereocenters. The minimum Gasteiger partial charge on any atom is -0.306 e. The molecule has 0 radical (unpaired) electrons. The molecule has 15 heavy (non-hydrogen) atoms. The fourth-order valence-electron chi connectivity index (χ4n) is 3.18. The van der Waals surface area contributed by atoms with E-state index >= 15 is 0 Å². The van der Waals surface area contributed by atoms with Crippen molar-refractivity contribution in [3.8, 4) is 0 Å². The van der Waals surface area contributed by atoms with Crippen molar-refractivity contribution in [1.29, 1.82) is 0 Å². The van der Waals surface area contributed by atoms with Gasteiger partial charge < -0.3 is 4.90 Å². The van der Waals surface area contributed by atoms with Crippen LogP contribution in [0, 0.1) is 0 Å². The first-order valence-corrected chi connectivity index (χ1v) is 5.93. The first-order chi connectivity index (χ1) is 7.30. The summed E-state index contributed by atoms with van der Waals surface area (Å²) in [6, 6.07) is 4.41. The lowest BCUT2D eigenvalue weighted by Gasteiger charge is -2.38. The molecule has 1 fully saturated rings. The molecule has 2 heterocycles. The number of aryl methyl sites for hydroxylation is 1. The van der Waals surface area contributed by atoms with E-state index in [1.165, 1.54) is 44.5 Å². The molecule has 0 unspecified atom stereocenters. The molecule has 2 aliphatic rings. The molecule has 1 spiro atoms. The van der Waals surface area contributed by atoms with Gasteiger partial charge in [0.2, 0.25) is 0 Å². The van der Waals surface area contributed by atoms with E-state index < -0.39 is 0 Å². The molecular weight excluding hydrogens is 184 g/mol. The summed E-state index contributed by atoms with van der Waals surface area (Å²) in [7, 11) is 2.23. The zero-order chi connectivity index (χ0) is 10.3. The van der Waals surface area contributed by atoms with Crippen LogP contribution in [0.1, 0.15) is 30.5 Å². The van der Waals surface area contributed by atoms with Crippen LogP contribution in [-0.2, 0) is 11.8 Å². The van der Waals surface area contributed by atoms with Crippen molar-refractivity contribution in [2.45, 2.75) is 31.1 Å². The quantitative estimate of drug-likeness (QED) is 0.639. The van der Waals surface area contributed by atoms with Crippen molar-refractivity contribution < 1.29 is 0 Å². The van der Waals surface area contributed by atoms with Crippen molar-refractivity contribution in [3.63, 3.8) is 0 Å². The SMILES string of the molecule is CN1CCC2(CCc3ncccc32)CC1. The third-order valence-corrected chi connectivity index (χ3v) is 4.25. The highest BCUT2D eigenvalue weighted by Gasteiger charge is 2.40. The predicted octanol–water partition coefficient (Wildman–Crippen LogP) is 1.99. The number of likely N-dealkylation sites (tertiary alicyclic amines) is 1. The van der Waals surface area contributed by atoms with E-state index in [4.69, 9.17) is 0 Å². The number of piperidine rings is 1. The van der Waals surface area contributed by atoms with Crippen LogP contribution in [0.15, 0.2) is 18.3 Å². The summed E-state index contributed by atoms with van der Waals surface area (Å²) in [5, 5.41) is 0. The maximum atomic E-state index is 4.51. The fraction of sp³-hybridized carbons (Fsp3) is 0.615. The molecule has 3 rings (SSSR count). The molecule has 1 aliphatic heterocycles. The minimum atomic E-state index is 0.482. The van der Waals surface area contributed by atoms with E-state index in [0.717, 1.165) is 0 Å². The second-order valence-electron chi connectivity index (χ2n) is 5.08. The van der Waals surface area contributed by atoms with Gasteiger partial charge in [0.05, 0.1) is 0 Å². The second kappa shape index (κ2) is 3.31. The number of nitrogens with zero attached hydrogens (tertiary/aromatic N) is 2. The summed E-state index contributed by atoms with van der Waals surface area (Å²) < 4.78 is 0. The molecule has 0 bridgehead atoms. The van der Waals surface area contributed by atoms with Crippen LogP contribution in [0.4, 0.5) is 0 Å². The third kappa shape index (κ3) is 1.39. The lowest BCUT2D eigenvalue weighted by molar-refractivity contribution is 0.187. The normalized spacial score (nSPS) is 24.3. The Hall–Kier alpha value is -0.890. The van der Waals surface area contributed by atoms with Crippen LogP contribution < -0.4 is 0 Å². The maximum absolute atomic E-state index is 4.51. The van der Waals surface area contributed by atoms with Gasteiger partial charge in [-0.2, -0.15) is 0 Å². The minimum absolute atomic E-state index is 0.482. The fourth-order valence-corrected chi connectivity index (χ4v) is 3.18. The predicted molar refractivity (Wildman–Crippen MR) is 61.0 cm³/mol. The van der Waals surface area contributed by atoms with Gasteiger partial charge in [0.1, 0.15) is 0 Å². The monoisotopic (exact) mass is 202 g/mol. The standard InChI is InChI=1S/C13H18N2/c1-15-9-6-13(7-10-15)5-4-12-11(13)3-2-8-14-12/h2-3,8H,4-7,9-10H2,1H3. The van der Waals surface area contributed by atoms with Crippen LogP contribution in [0.5, 0.6) is 0 Å². The molecule has 0 aromatic carbocycles. The first-order valence-electron chi connectivity index (χ1n) is 5.93. The lowest BCUT2D eigenvalue weighted by Crippen LogP contribution is -2.39. The van der Waals surface area contributed by atoms with E-state index in [-0.39, 0.29) is 0 Å². The van der Waals surface area contributed by atoms with Crippen LogP contribution in [-0.4, -0.2) is 30.0 Å². The van der Waals surface area contributed by atoms with Gasteiger partial charge >= 0.3 is 0 Å². The molecule has 0 amide bonds. The Labute approximate surface area is 91.3 Å². The van der Waals surface area contributed by atoms with E-state index in [9.17, 15) is 0 Å². The highest BCUT2D eigenvalue weighted by molar-refractivity contribution is 5.35. The largest absolute Gasteiger partial charge is 0.306 e. The van der Waals surface area contributed by atoms with Gasteiger partial charge in [0.25, 0.3) is 0 Å². The van der Waals surface area contributed by atoms with Gasteiger partial charge in [-0.05, 0) is 62.9 Å². The van der Waals surface area contributed by atoms with Crippen molar-refractivity contribution in [2.75, 3.05) is 20.1 Å². The molecule has 0 saturated carbocycles. The van der Waals surface area contributed by atoms with Gasteiger partial charge in [0.15, 0.2) is 0 Å². The Bertz CT molecular complexity index is 365. The second-order valence-corrected chi connectivity index (χ2v) is 5.08. The van der Waals surface area contributed by atoms with Gasteiger partial charge in [-0.1, -0.05) is 6.07 Å². The van der Waals surface area contributed by atoms with Gasteiger partial charge in [0, 0.05) is 11.9 Å². The van der Waals surface area contributed by atoms with Gasteiger partial charge in [-0.25, -0.2) is 0 Å². The summed E-state index contributed by atoms with van der Waals surface area (Å²) in [5.74, 6) is 0. The Morgan fingerprint density at radius 2 is 2.07 bits per heavy atom. The summed E-state index contributed by atoms with van der Waals surface area (Å²) >= 11 is 0. The van der Waals surface area contributed by atoms with Crippen molar-refractivity contribution >= 4 is 0 Å². The molecule has 1 aromatic rings. The van der Waals surface area contributed by atoms with E-state index in [1.807, 2.05) is 6.20 Å². The molecule has 80 valence electrons. The number of hydrogen-bond donors (Lipinski definition) is 0. The maximum Gasteiger partial charge on any atom is 0.0441 e. The van der Waals surface area contributed by atoms with Crippen molar-refractivity contribution in [2.24, 2.45) is 0 Å². The van der Waals surface area contributed by atoms with Crippen LogP contribution >= 0.6 is 0 Å². The van der Waals surface area contributed by atoms with Crippen LogP contribution in [0.25, 0.3) is 0 Å². The number of pyridine rings is 1. The number of fused-ring (bicyclic) bond motifs is 2. The van der Waals surface area contributed by atoms with Crippen LogP contribution in [0.3, 0.4) is 0 Å². The van der Waals surface area contributed by atoms with Gasteiger partial charge in [-0.3, -0.25) is 4.98 Å². The number of aromatic nitrogens is 1. The van der Waals surface area contributed by atoms with E-state index in [2.05, 4.69) is 29.1 Å². The highest BCUT2D eigenvalue weighted by Crippen LogP contribution is 2.45. The van der Waals surface area contributed by atoms with E-state index in [1.54, 1.807) is 5.56 Å². The van der Waals surface area contributed by atoms with Crippen molar-refractivity contribution in [3.05, 3.63) is 29.6 Å². The van der Waals surface area contributed by atoms with Crippen LogP contribution in [0.2, 0.25) is 0 Å². The summed E-state index contributed by atoms with van der Waals surface area (Å²) in [6.45, 7) is 2.49. The van der Waals surface area contributed by atoms with E-state index in [0.29, 0.717) is 5.41 Å². The smallest absolute Gasteiger partial charge is 0.0441 e. The molecule has 0 N–H and O–H groups in total. The Morgan fingerprint density at radius 1 is 1.27 bits per heavy atom. The zero-order valence-electron chi connectivity index (χ0n) is 9.37. The number of hydrogen-bond acceptors (Lipinski definition) is 2. The molecule has 1 saturated heterocycles. The Kier molecular flexibility index (Phi) is 2.06. The third-order valence-electron chi connectivity index (χ3n) is 4.25. The molecular formula is C13H18N2. The molecule has 1 aliphatic carbocycles.